The van der Waals surface area contributed by atoms with Gasteiger partial charge in [0.15, 0.2) is 0 Å². The van der Waals surface area contributed by atoms with Gasteiger partial charge in [0.25, 0.3) is 0 Å². The molecule has 1 aliphatic rings. The van der Waals surface area contributed by atoms with Gasteiger partial charge in [-0.05, 0) is 43.4 Å². The van der Waals surface area contributed by atoms with Crippen LogP contribution < -0.4 is 5.32 Å². The molecule has 0 heterocycles. The highest BCUT2D eigenvalue weighted by molar-refractivity contribution is 5.19. The third-order valence-electron chi connectivity index (χ3n) is 3.17. The van der Waals surface area contributed by atoms with E-state index in [0.29, 0.717) is 12.5 Å². The molecule has 2 nitrogen and oxygen atoms in total. The minimum Gasteiger partial charge on any atom is -0.392 e. The molecule has 0 radical (unpaired) electrons. The van der Waals surface area contributed by atoms with Gasteiger partial charge in [0.05, 0.1) is 6.10 Å². The smallest absolute Gasteiger partial charge is 0.123 e. The first kappa shape index (κ1) is 11.6. The van der Waals surface area contributed by atoms with Gasteiger partial charge in [0, 0.05) is 12.6 Å². The molecule has 0 saturated heterocycles. The van der Waals surface area contributed by atoms with Gasteiger partial charge in [-0.2, -0.15) is 0 Å². The second-order valence-corrected chi connectivity index (χ2v) is 4.59. The normalized spacial score (nSPS) is 19.4. The molecule has 0 spiro atoms. The quantitative estimate of drug-likeness (QED) is 0.802. The van der Waals surface area contributed by atoms with Crippen LogP contribution in [0.1, 0.15) is 31.4 Å². The Morgan fingerprint density at radius 1 is 1.38 bits per heavy atom. The van der Waals surface area contributed by atoms with Gasteiger partial charge >= 0.3 is 0 Å². The van der Waals surface area contributed by atoms with Gasteiger partial charge in [-0.15, -0.1) is 0 Å². The van der Waals surface area contributed by atoms with Crippen molar-refractivity contribution in [1.29, 1.82) is 0 Å². The van der Waals surface area contributed by atoms with Crippen molar-refractivity contribution >= 4 is 0 Å². The number of aliphatic hydroxyl groups excluding tert-OH is 1. The van der Waals surface area contributed by atoms with Crippen LogP contribution in [0.4, 0.5) is 4.39 Å². The summed E-state index contributed by atoms with van der Waals surface area (Å²) < 4.78 is 12.7. The molecule has 2 atom stereocenters. The van der Waals surface area contributed by atoms with Crippen LogP contribution in [0.2, 0.25) is 0 Å². The van der Waals surface area contributed by atoms with Crippen molar-refractivity contribution in [2.45, 2.75) is 31.9 Å². The van der Waals surface area contributed by atoms with Gasteiger partial charge in [0.2, 0.25) is 0 Å². The molecule has 2 rings (SSSR count). The molecule has 16 heavy (non-hydrogen) atoms. The van der Waals surface area contributed by atoms with Gasteiger partial charge in [-0.1, -0.05) is 12.1 Å². The van der Waals surface area contributed by atoms with Crippen molar-refractivity contribution < 1.29 is 9.50 Å². The molecule has 88 valence electrons. The van der Waals surface area contributed by atoms with Crippen LogP contribution in [-0.2, 0) is 0 Å². The lowest BCUT2D eigenvalue weighted by Gasteiger charge is -2.17. The van der Waals surface area contributed by atoms with Gasteiger partial charge < -0.3 is 10.4 Å². The molecule has 1 fully saturated rings. The Kier molecular flexibility index (Phi) is 3.56. The maximum absolute atomic E-state index is 12.7. The van der Waals surface area contributed by atoms with Crippen LogP contribution in [0, 0.1) is 11.7 Å². The Hall–Kier alpha value is -0.930. The summed E-state index contributed by atoms with van der Waals surface area (Å²) in [6, 6.07) is 6.62. The number of hydrogen-bond acceptors (Lipinski definition) is 2. The standard InChI is InChI=1S/C13H18FNO/c1-9(10-4-6-12(14)7-5-10)15-8-13(16)11-2-3-11/h4-7,9,11,13,15-16H,2-3,8H2,1H3. The highest BCUT2D eigenvalue weighted by Gasteiger charge is 2.29. The lowest BCUT2D eigenvalue weighted by molar-refractivity contribution is 0.145. The number of hydrogen-bond donors (Lipinski definition) is 2. The van der Waals surface area contributed by atoms with Crippen molar-refractivity contribution in [3.8, 4) is 0 Å². The van der Waals surface area contributed by atoms with E-state index < -0.39 is 0 Å². The second-order valence-electron chi connectivity index (χ2n) is 4.59. The van der Waals surface area contributed by atoms with Crippen molar-refractivity contribution in [2.75, 3.05) is 6.54 Å². The fourth-order valence-electron chi connectivity index (χ4n) is 1.81. The van der Waals surface area contributed by atoms with E-state index in [-0.39, 0.29) is 18.0 Å². The summed E-state index contributed by atoms with van der Waals surface area (Å²) in [6.45, 7) is 2.63. The van der Waals surface area contributed by atoms with E-state index in [4.69, 9.17) is 0 Å². The summed E-state index contributed by atoms with van der Waals surface area (Å²) in [5.41, 5.74) is 1.05. The number of rotatable bonds is 5. The minimum absolute atomic E-state index is 0.147. The highest BCUT2D eigenvalue weighted by Crippen LogP contribution is 2.32. The lowest BCUT2D eigenvalue weighted by atomic mass is 10.1. The van der Waals surface area contributed by atoms with E-state index in [0.717, 1.165) is 18.4 Å². The Bertz CT molecular complexity index is 334. The van der Waals surface area contributed by atoms with Gasteiger partial charge in [-0.3, -0.25) is 0 Å². The number of halogens is 1. The summed E-state index contributed by atoms with van der Waals surface area (Å²) in [4.78, 5) is 0. The maximum atomic E-state index is 12.7. The Morgan fingerprint density at radius 2 is 2.00 bits per heavy atom. The van der Waals surface area contributed by atoms with Crippen LogP contribution in [0.3, 0.4) is 0 Å². The topological polar surface area (TPSA) is 32.3 Å². The summed E-state index contributed by atoms with van der Waals surface area (Å²) in [5, 5.41) is 13.0. The van der Waals surface area contributed by atoms with Crippen LogP contribution in [-0.4, -0.2) is 17.8 Å². The first-order chi connectivity index (χ1) is 7.66. The summed E-state index contributed by atoms with van der Waals surface area (Å²) in [5.74, 6) is 0.280. The van der Waals surface area contributed by atoms with Crippen LogP contribution in [0.15, 0.2) is 24.3 Å². The zero-order valence-electron chi connectivity index (χ0n) is 9.49. The van der Waals surface area contributed by atoms with E-state index in [2.05, 4.69) is 5.32 Å². The molecule has 1 aromatic rings. The third kappa shape index (κ3) is 3.03. The summed E-state index contributed by atoms with van der Waals surface area (Å²) in [7, 11) is 0. The SMILES string of the molecule is CC(NCC(O)C1CC1)c1ccc(F)cc1. The Labute approximate surface area is 95.5 Å². The van der Waals surface area contributed by atoms with E-state index in [9.17, 15) is 9.50 Å². The predicted molar refractivity (Wildman–Crippen MR) is 61.5 cm³/mol. The second kappa shape index (κ2) is 4.93. The number of benzene rings is 1. The molecule has 0 amide bonds. The minimum atomic E-state index is -0.233. The largest absolute Gasteiger partial charge is 0.392 e. The monoisotopic (exact) mass is 223 g/mol. The average Bonchev–Trinajstić information content (AvgIpc) is 3.10. The fourth-order valence-corrected chi connectivity index (χ4v) is 1.81. The van der Waals surface area contributed by atoms with Crippen molar-refractivity contribution in [3.05, 3.63) is 35.6 Å². The molecule has 0 aromatic heterocycles. The van der Waals surface area contributed by atoms with Gasteiger partial charge in [0.1, 0.15) is 5.82 Å². The predicted octanol–water partition coefficient (Wildman–Crippen LogP) is 2.25. The van der Waals surface area contributed by atoms with Gasteiger partial charge in [-0.25, -0.2) is 4.39 Å². The molecule has 0 aliphatic heterocycles. The molecular formula is C13H18FNO. The highest BCUT2D eigenvalue weighted by atomic mass is 19.1. The average molecular weight is 223 g/mol. The maximum Gasteiger partial charge on any atom is 0.123 e. The molecule has 2 unspecified atom stereocenters. The van der Waals surface area contributed by atoms with Crippen molar-refractivity contribution in [2.24, 2.45) is 5.92 Å². The van der Waals surface area contributed by atoms with Crippen LogP contribution in [0.5, 0.6) is 0 Å². The molecular weight excluding hydrogens is 205 g/mol. The third-order valence-corrected chi connectivity index (χ3v) is 3.17. The number of nitrogens with one attached hydrogen (secondary N) is 1. The Balaban J connectivity index is 1.82. The van der Waals surface area contributed by atoms with E-state index in [1.807, 2.05) is 6.92 Å². The molecule has 1 aliphatic carbocycles. The van der Waals surface area contributed by atoms with E-state index in [1.165, 1.54) is 12.1 Å². The summed E-state index contributed by atoms with van der Waals surface area (Å²) >= 11 is 0. The van der Waals surface area contributed by atoms with Crippen LogP contribution in [0.25, 0.3) is 0 Å². The Morgan fingerprint density at radius 3 is 2.56 bits per heavy atom. The zero-order valence-corrected chi connectivity index (χ0v) is 9.49. The first-order valence-corrected chi connectivity index (χ1v) is 5.83. The molecule has 2 N–H and O–H groups in total. The lowest BCUT2D eigenvalue weighted by Crippen LogP contribution is -2.30. The molecule has 0 bridgehead atoms. The van der Waals surface area contributed by atoms with E-state index in [1.54, 1.807) is 12.1 Å². The molecule has 1 saturated carbocycles. The molecule has 3 heteroatoms. The molecule has 1 aromatic carbocycles. The first-order valence-electron chi connectivity index (χ1n) is 5.83. The zero-order chi connectivity index (χ0) is 11.5. The number of aliphatic hydroxyl groups is 1. The van der Waals surface area contributed by atoms with Crippen molar-refractivity contribution in [1.82, 2.24) is 5.32 Å². The van der Waals surface area contributed by atoms with Crippen molar-refractivity contribution in [3.63, 3.8) is 0 Å². The summed E-state index contributed by atoms with van der Waals surface area (Å²) in [6.07, 6.45) is 2.06. The van der Waals surface area contributed by atoms with Crippen LogP contribution >= 0.6 is 0 Å². The van der Waals surface area contributed by atoms with E-state index >= 15 is 0 Å². The fraction of sp³-hybridized carbons (Fsp3) is 0.538.